The monoisotopic (exact) mass is 382 g/mol. The van der Waals surface area contributed by atoms with E-state index in [-0.39, 0.29) is 5.28 Å². The van der Waals surface area contributed by atoms with Crippen molar-refractivity contribution in [2.75, 3.05) is 5.73 Å². The molecule has 24 heavy (non-hydrogen) atoms. The van der Waals surface area contributed by atoms with Crippen LogP contribution in [0.4, 0.5) is 5.13 Å². The van der Waals surface area contributed by atoms with Crippen molar-refractivity contribution >= 4 is 39.7 Å². The molecule has 0 atom stereocenters. The minimum absolute atomic E-state index is 0.191. The maximum atomic E-state index is 5.90. The van der Waals surface area contributed by atoms with Crippen molar-refractivity contribution in [2.45, 2.75) is 27.7 Å². The van der Waals surface area contributed by atoms with Crippen LogP contribution in [0.25, 0.3) is 21.8 Å². The summed E-state index contributed by atoms with van der Waals surface area (Å²) in [6.45, 7) is 8.00. The highest BCUT2D eigenvalue weighted by Gasteiger charge is 2.15. The third kappa shape index (κ3) is 5.16. The van der Waals surface area contributed by atoms with Crippen LogP contribution in [0.2, 0.25) is 10.3 Å². The highest BCUT2D eigenvalue weighted by molar-refractivity contribution is 7.19. The molecule has 2 aromatic heterocycles. The molecule has 7 heteroatoms. The smallest absolute Gasteiger partial charge is 0.222 e. The lowest BCUT2D eigenvalue weighted by molar-refractivity contribution is 1.18. The summed E-state index contributed by atoms with van der Waals surface area (Å²) in [5.74, 6) is 0. The second-order valence-corrected chi connectivity index (χ2v) is 5.75. The van der Waals surface area contributed by atoms with Gasteiger partial charge in [-0.05, 0) is 29.8 Å². The fourth-order valence-corrected chi connectivity index (χ4v) is 2.87. The lowest BCUT2D eigenvalue weighted by Gasteiger charge is -2.02. The van der Waals surface area contributed by atoms with Gasteiger partial charge in [0.05, 0.1) is 16.3 Å². The van der Waals surface area contributed by atoms with Gasteiger partial charge < -0.3 is 5.73 Å². The van der Waals surface area contributed by atoms with E-state index in [4.69, 9.17) is 28.9 Å². The van der Waals surface area contributed by atoms with E-state index in [1.165, 1.54) is 11.3 Å². The number of hydrogen-bond donors (Lipinski definition) is 1. The second-order valence-electron chi connectivity index (χ2n) is 3.95. The summed E-state index contributed by atoms with van der Waals surface area (Å²) in [5.41, 5.74) is 8.21. The molecule has 3 aromatic rings. The minimum Gasteiger partial charge on any atom is -0.375 e. The first kappa shape index (κ1) is 20.4. The van der Waals surface area contributed by atoms with Crippen molar-refractivity contribution in [2.24, 2.45) is 0 Å². The first-order chi connectivity index (χ1) is 11.6. The Kier molecular flexibility index (Phi) is 8.68. The van der Waals surface area contributed by atoms with Gasteiger partial charge in [0.15, 0.2) is 5.13 Å². The Hall–Kier alpha value is -1.69. The molecule has 128 valence electrons. The number of aromatic nitrogens is 3. The van der Waals surface area contributed by atoms with E-state index in [9.17, 15) is 0 Å². The largest absolute Gasteiger partial charge is 0.375 e. The van der Waals surface area contributed by atoms with E-state index in [1.807, 2.05) is 52.0 Å². The van der Waals surface area contributed by atoms with Crippen LogP contribution in [-0.2, 0) is 0 Å². The van der Waals surface area contributed by atoms with Crippen molar-refractivity contribution in [3.05, 3.63) is 46.8 Å². The van der Waals surface area contributed by atoms with Crippen LogP contribution in [-0.4, -0.2) is 15.0 Å². The zero-order valence-corrected chi connectivity index (χ0v) is 16.4. The molecule has 0 saturated carbocycles. The number of nitrogen functional groups attached to an aromatic ring is 1. The predicted octanol–water partition coefficient (Wildman–Crippen LogP) is 6.21. The number of thiazole rings is 1. The summed E-state index contributed by atoms with van der Waals surface area (Å²) in [6.07, 6.45) is 1.60. The number of anilines is 1. The molecule has 0 bridgehead atoms. The van der Waals surface area contributed by atoms with Gasteiger partial charge in [-0.1, -0.05) is 62.8 Å². The number of rotatable bonds is 2. The molecule has 0 aliphatic carbocycles. The van der Waals surface area contributed by atoms with Gasteiger partial charge in [0.2, 0.25) is 5.28 Å². The van der Waals surface area contributed by atoms with Crippen LogP contribution in [0.1, 0.15) is 27.7 Å². The molecular formula is C17H20Cl2N4S. The van der Waals surface area contributed by atoms with Gasteiger partial charge in [-0.25, -0.2) is 15.0 Å². The zero-order valence-electron chi connectivity index (χ0n) is 14.0. The molecule has 0 fully saturated rings. The van der Waals surface area contributed by atoms with Gasteiger partial charge in [0.25, 0.3) is 0 Å². The molecular weight excluding hydrogens is 363 g/mol. The van der Waals surface area contributed by atoms with Crippen LogP contribution in [0.3, 0.4) is 0 Å². The van der Waals surface area contributed by atoms with Crippen LogP contribution in [0.15, 0.2) is 36.5 Å². The Labute approximate surface area is 156 Å². The van der Waals surface area contributed by atoms with E-state index in [0.717, 1.165) is 16.1 Å². The summed E-state index contributed by atoms with van der Waals surface area (Å²) in [5, 5.41) is 1.33. The van der Waals surface area contributed by atoms with E-state index in [1.54, 1.807) is 12.3 Å². The Morgan fingerprint density at radius 1 is 0.917 bits per heavy atom. The lowest BCUT2D eigenvalue weighted by atomic mass is 10.1. The van der Waals surface area contributed by atoms with Gasteiger partial charge >= 0.3 is 0 Å². The molecule has 3 rings (SSSR count). The molecule has 2 N–H and O–H groups in total. The summed E-state index contributed by atoms with van der Waals surface area (Å²) < 4.78 is 0. The van der Waals surface area contributed by atoms with Gasteiger partial charge in [-0.15, -0.1) is 0 Å². The number of nitrogens with two attached hydrogens (primary N) is 1. The minimum atomic E-state index is 0.191. The third-order valence-electron chi connectivity index (χ3n) is 2.62. The van der Waals surface area contributed by atoms with E-state index >= 15 is 0 Å². The van der Waals surface area contributed by atoms with Crippen molar-refractivity contribution in [3.8, 4) is 21.8 Å². The highest BCUT2D eigenvalue weighted by Crippen LogP contribution is 2.37. The van der Waals surface area contributed by atoms with E-state index < -0.39 is 0 Å². The first-order valence-electron chi connectivity index (χ1n) is 7.64. The maximum absolute atomic E-state index is 5.90. The molecule has 0 radical (unpaired) electrons. The van der Waals surface area contributed by atoms with Crippen molar-refractivity contribution in [1.29, 1.82) is 0 Å². The Balaban J connectivity index is 0.000000671. The number of benzene rings is 1. The number of hydrogen-bond acceptors (Lipinski definition) is 5. The van der Waals surface area contributed by atoms with Crippen molar-refractivity contribution in [1.82, 2.24) is 15.0 Å². The molecule has 4 nitrogen and oxygen atoms in total. The molecule has 0 spiro atoms. The second kappa shape index (κ2) is 10.2. The first-order valence-corrected chi connectivity index (χ1v) is 9.22. The van der Waals surface area contributed by atoms with Gasteiger partial charge in [-0.3, -0.25) is 0 Å². The summed E-state index contributed by atoms with van der Waals surface area (Å²) in [4.78, 5) is 13.3. The Bertz CT molecular complexity index is 758. The van der Waals surface area contributed by atoms with Crippen molar-refractivity contribution in [3.63, 3.8) is 0 Å². The average molecular weight is 383 g/mol. The van der Waals surface area contributed by atoms with Crippen LogP contribution in [0, 0.1) is 0 Å². The van der Waals surface area contributed by atoms with E-state index in [0.29, 0.717) is 15.8 Å². The molecule has 0 aliphatic rings. The molecule has 0 aliphatic heterocycles. The van der Waals surface area contributed by atoms with Gasteiger partial charge in [0, 0.05) is 16.8 Å². The van der Waals surface area contributed by atoms with Crippen molar-refractivity contribution < 1.29 is 0 Å². The third-order valence-corrected chi connectivity index (χ3v) is 3.96. The normalized spacial score (nSPS) is 9.42. The molecule has 2 heterocycles. The Morgan fingerprint density at radius 2 is 1.54 bits per heavy atom. The SMILES string of the molecule is CC.CC.Nc1nc(-c2ccc(Cl)cc2)c(-c2ccnc(Cl)n2)s1. The molecule has 0 saturated heterocycles. The summed E-state index contributed by atoms with van der Waals surface area (Å²) in [6, 6.07) is 9.18. The molecule has 1 aromatic carbocycles. The number of nitrogens with zero attached hydrogens (tertiary/aromatic N) is 3. The lowest BCUT2D eigenvalue weighted by Crippen LogP contribution is -1.87. The predicted molar refractivity (Wildman–Crippen MR) is 106 cm³/mol. The van der Waals surface area contributed by atoms with Crippen LogP contribution >= 0.6 is 34.5 Å². The van der Waals surface area contributed by atoms with E-state index in [2.05, 4.69) is 15.0 Å². The topological polar surface area (TPSA) is 64.7 Å². The van der Waals surface area contributed by atoms with Crippen LogP contribution < -0.4 is 5.73 Å². The van der Waals surface area contributed by atoms with Gasteiger partial charge in [0.1, 0.15) is 0 Å². The zero-order chi connectivity index (χ0) is 18.1. The fraction of sp³-hybridized carbons (Fsp3) is 0.235. The van der Waals surface area contributed by atoms with Crippen LogP contribution in [0.5, 0.6) is 0 Å². The maximum Gasteiger partial charge on any atom is 0.222 e. The molecule has 0 amide bonds. The number of halogens is 2. The van der Waals surface area contributed by atoms with Gasteiger partial charge in [-0.2, -0.15) is 0 Å². The average Bonchev–Trinajstić information content (AvgIpc) is 3.01. The Morgan fingerprint density at radius 3 is 2.12 bits per heavy atom. The summed E-state index contributed by atoms with van der Waals surface area (Å²) in [7, 11) is 0. The molecule has 0 unspecified atom stereocenters. The fourth-order valence-electron chi connectivity index (χ4n) is 1.78. The quantitative estimate of drug-likeness (QED) is 0.535. The standard InChI is InChI=1S/C13H8Cl2N4S.2C2H6/c14-8-3-1-7(2-4-8)10-11(20-13(16)19-10)9-5-6-17-12(15)18-9;2*1-2/h1-6H,(H2,16,19);2*1-2H3. The highest BCUT2D eigenvalue weighted by atomic mass is 35.5. The summed E-state index contributed by atoms with van der Waals surface area (Å²) >= 11 is 13.1.